The van der Waals surface area contributed by atoms with Gasteiger partial charge in [-0.15, -0.1) is 0 Å². The summed E-state index contributed by atoms with van der Waals surface area (Å²) in [6.45, 7) is 4.18. The molecule has 3 heterocycles. The summed E-state index contributed by atoms with van der Waals surface area (Å²) >= 11 is 0. The Morgan fingerprint density at radius 2 is 1.58 bits per heavy atom. The van der Waals surface area contributed by atoms with Gasteiger partial charge in [-0.1, -0.05) is 12.8 Å². The SMILES string of the molecule is C1CCC(N2CCN(c3nc4nonc4nc3NC3CC3)CC2)C1. The van der Waals surface area contributed by atoms with E-state index in [1.54, 1.807) is 0 Å². The Morgan fingerprint density at radius 1 is 0.875 bits per heavy atom. The molecule has 8 nitrogen and oxygen atoms in total. The van der Waals surface area contributed by atoms with Crippen LogP contribution in [-0.4, -0.2) is 63.4 Å². The van der Waals surface area contributed by atoms with Crippen LogP contribution in [0.25, 0.3) is 11.3 Å². The monoisotopic (exact) mass is 329 g/mol. The van der Waals surface area contributed by atoms with Crippen molar-refractivity contribution in [2.45, 2.75) is 50.6 Å². The minimum absolute atomic E-state index is 0.478. The van der Waals surface area contributed by atoms with E-state index in [9.17, 15) is 0 Å². The summed E-state index contributed by atoms with van der Waals surface area (Å²) in [6.07, 6.45) is 7.91. The third kappa shape index (κ3) is 2.68. The van der Waals surface area contributed by atoms with E-state index < -0.39 is 0 Å². The van der Waals surface area contributed by atoms with Gasteiger partial charge in [0, 0.05) is 38.3 Å². The summed E-state index contributed by atoms with van der Waals surface area (Å²) in [6, 6.07) is 1.32. The predicted octanol–water partition coefficient (Wildman–Crippen LogP) is 1.65. The molecule has 0 spiro atoms. The molecule has 0 amide bonds. The summed E-state index contributed by atoms with van der Waals surface area (Å²) < 4.78 is 4.79. The Bertz CT molecular complexity index is 714. The molecule has 0 atom stereocenters. The lowest BCUT2D eigenvalue weighted by Crippen LogP contribution is -2.50. The van der Waals surface area contributed by atoms with Gasteiger partial charge >= 0.3 is 0 Å². The first-order chi connectivity index (χ1) is 11.9. The maximum atomic E-state index is 4.79. The van der Waals surface area contributed by atoms with Crippen LogP contribution in [-0.2, 0) is 0 Å². The fraction of sp³-hybridized carbons (Fsp3) is 0.750. The van der Waals surface area contributed by atoms with Crippen molar-refractivity contribution in [3.63, 3.8) is 0 Å². The number of fused-ring (bicyclic) bond motifs is 1. The molecule has 5 rings (SSSR count). The normalized spacial score (nSPS) is 23.2. The number of piperazine rings is 1. The van der Waals surface area contributed by atoms with Gasteiger partial charge in [0.1, 0.15) is 0 Å². The molecule has 24 heavy (non-hydrogen) atoms. The molecule has 0 unspecified atom stereocenters. The number of aromatic nitrogens is 4. The number of hydrogen-bond donors (Lipinski definition) is 1. The predicted molar refractivity (Wildman–Crippen MR) is 90.1 cm³/mol. The lowest BCUT2D eigenvalue weighted by Gasteiger charge is -2.38. The topological polar surface area (TPSA) is 83.2 Å². The van der Waals surface area contributed by atoms with Crippen LogP contribution in [0.4, 0.5) is 11.6 Å². The zero-order valence-corrected chi connectivity index (χ0v) is 13.8. The van der Waals surface area contributed by atoms with Gasteiger partial charge in [-0.25, -0.2) is 14.6 Å². The zero-order valence-electron chi connectivity index (χ0n) is 13.8. The quantitative estimate of drug-likeness (QED) is 0.906. The van der Waals surface area contributed by atoms with Gasteiger partial charge in [-0.2, -0.15) is 0 Å². The highest BCUT2D eigenvalue weighted by molar-refractivity contribution is 5.74. The third-order valence-corrected chi connectivity index (χ3v) is 5.47. The average molecular weight is 329 g/mol. The maximum absolute atomic E-state index is 4.79. The second kappa shape index (κ2) is 5.84. The van der Waals surface area contributed by atoms with E-state index in [-0.39, 0.29) is 0 Å². The molecular weight excluding hydrogens is 306 g/mol. The van der Waals surface area contributed by atoms with E-state index in [1.807, 2.05) is 0 Å². The molecule has 1 aliphatic heterocycles. The summed E-state index contributed by atoms with van der Waals surface area (Å²) in [4.78, 5) is 14.3. The minimum atomic E-state index is 0.478. The van der Waals surface area contributed by atoms with Crippen molar-refractivity contribution >= 4 is 22.9 Å². The summed E-state index contributed by atoms with van der Waals surface area (Å²) in [7, 11) is 0. The van der Waals surface area contributed by atoms with Crippen LogP contribution in [0.5, 0.6) is 0 Å². The van der Waals surface area contributed by atoms with E-state index >= 15 is 0 Å². The Morgan fingerprint density at radius 3 is 2.29 bits per heavy atom. The Balaban J connectivity index is 1.37. The van der Waals surface area contributed by atoms with E-state index in [0.717, 1.165) is 43.9 Å². The molecule has 128 valence electrons. The van der Waals surface area contributed by atoms with E-state index in [1.165, 1.54) is 38.5 Å². The van der Waals surface area contributed by atoms with Crippen molar-refractivity contribution in [1.29, 1.82) is 0 Å². The van der Waals surface area contributed by atoms with Gasteiger partial charge in [-0.3, -0.25) is 4.90 Å². The molecular formula is C16H23N7O. The lowest BCUT2D eigenvalue weighted by atomic mass is 10.2. The van der Waals surface area contributed by atoms with Gasteiger partial charge in [-0.05, 0) is 36.0 Å². The van der Waals surface area contributed by atoms with Crippen molar-refractivity contribution in [3.05, 3.63) is 0 Å². The smallest absolute Gasteiger partial charge is 0.245 e. The fourth-order valence-corrected chi connectivity index (χ4v) is 3.94. The molecule has 0 bridgehead atoms. The second-order valence-corrected chi connectivity index (χ2v) is 7.19. The van der Waals surface area contributed by atoms with Gasteiger partial charge in [0.2, 0.25) is 11.3 Å². The molecule has 3 fully saturated rings. The second-order valence-electron chi connectivity index (χ2n) is 7.19. The van der Waals surface area contributed by atoms with Gasteiger partial charge in [0.25, 0.3) is 0 Å². The summed E-state index contributed by atoms with van der Waals surface area (Å²) in [5, 5.41) is 11.2. The molecule has 8 heteroatoms. The highest BCUT2D eigenvalue weighted by atomic mass is 16.6. The van der Waals surface area contributed by atoms with Crippen molar-refractivity contribution in [3.8, 4) is 0 Å². The van der Waals surface area contributed by atoms with Crippen LogP contribution in [0.15, 0.2) is 4.63 Å². The van der Waals surface area contributed by atoms with Gasteiger partial charge < -0.3 is 10.2 Å². The number of hydrogen-bond acceptors (Lipinski definition) is 8. The molecule has 2 saturated carbocycles. The van der Waals surface area contributed by atoms with Crippen molar-refractivity contribution in [1.82, 2.24) is 25.2 Å². The van der Waals surface area contributed by atoms with Crippen molar-refractivity contribution in [2.75, 3.05) is 36.4 Å². The first kappa shape index (κ1) is 14.4. The lowest BCUT2D eigenvalue weighted by molar-refractivity contribution is 0.187. The molecule has 1 saturated heterocycles. The molecule has 1 N–H and O–H groups in total. The summed E-state index contributed by atoms with van der Waals surface area (Å²) in [5.41, 5.74) is 0.969. The first-order valence-electron chi connectivity index (χ1n) is 9.13. The first-order valence-corrected chi connectivity index (χ1v) is 9.13. The maximum Gasteiger partial charge on any atom is 0.245 e. The Kier molecular flexibility index (Phi) is 3.50. The van der Waals surface area contributed by atoms with Crippen molar-refractivity contribution in [2.24, 2.45) is 0 Å². The molecule has 2 aromatic heterocycles. The van der Waals surface area contributed by atoms with Gasteiger partial charge in [0.15, 0.2) is 11.6 Å². The van der Waals surface area contributed by atoms with Crippen LogP contribution in [0.3, 0.4) is 0 Å². The van der Waals surface area contributed by atoms with Crippen LogP contribution < -0.4 is 10.2 Å². The Labute approximate surface area is 140 Å². The molecule has 3 aliphatic rings. The standard InChI is InChI=1S/C16H23N7O/c1-2-4-12(3-1)22-7-9-23(10-8-22)16-15(17-11-5-6-11)18-13-14(19-16)21-24-20-13/h11-12H,1-10H2,(H,17,18,20). The van der Waals surface area contributed by atoms with Crippen LogP contribution in [0.1, 0.15) is 38.5 Å². The highest BCUT2D eigenvalue weighted by Gasteiger charge is 2.30. The number of rotatable bonds is 4. The Hall–Kier alpha value is -1.96. The number of nitrogens with one attached hydrogen (secondary N) is 1. The molecule has 2 aliphatic carbocycles. The number of anilines is 2. The minimum Gasteiger partial charge on any atom is -0.364 e. The van der Waals surface area contributed by atoms with E-state index in [2.05, 4.69) is 35.4 Å². The van der Waals surface area contributed by atoms with Crippen LogP contribution in [0.2, 0.25) is 0 Å². The largest absolute Gasteiger partial charge is 0.364 e. The fourth-order valence-electron chi connectivity index (χ4n) is 3.94. The van der Waals surface area contributed by atoms with Crippen molar-refractivity contribution < 1.29 is 4.63 Å². The zero-order chi connectivity index (χ0) is 15.9. The molecule has 2 aromatic rings. The van der Waals surface area contributed by atoms with Crippen LogP contribution in [0, 0.1) is 0 Å². The third-order valence-electron chi connectivity index (χ3n) is 5.47. The summed E-state index contributed by atoms with van der Waals surface area (Å²) in [5.74, 6) is 1.73. The van der Waals surface area contributed by atoms with E-state index in [4.69, 9.17) is 4.63 Å². The van der Waals surface area contributed by atoms with Gasteiger partial charge in [0.05, 0.1) is 0 Å². The van der Waals surface area contributed by atoms with E-state index in [0.29, 0.717) is 17.3 Å². The average Bonchev–Trinajstić information content (AvgIpc) is 3.10. The van der Waals surface area contributed by atoms with Crippen LogP contribution >= 0.6 is 0 Å². The molecule has 0 radical (unpaired) electrons. The molecule has 0 aromatic carbocycles. The number of nitrogens with zero attached hydrogens (tertiary/aromatic N) is 6. The highest BCUT2D eigenvalue weighted by Crippen LogP contribution is 2.31.